The lowest BCUT2D eigenvalue weighted by Crippen LogP contribution is -2.45. The average Bonchev–Trinajstić information content (AvgIpc) is 3.44. The predicted molar refractivity (Wildman–Crippen MR) is 203 cm³/mol. The van der Waals surface area contributed by atoms with Crippen molar-refractivity contribution < 1.29 is 28.2 Å². The number of nitrogens with zero attached hydrogens (tertiary/aromatic N) is 5. The lowest BCUT2D eigenvalue weighted by Gasteiger charge is -2.41. The zero-order valence-corrected chi connectivity index (χ0v) is 31.7. The molecule has 1 aliphatic rings. The van der Waals surface area contributed by atoms with Crippen molar-refractivity contribution in [1.82, 2.24) is 9.47 Å². The third-order valence-corrected chi connectivity index (χ3v) is 8.97. The summed E-state index contributed by atoms with van der Waals surface area (Å²) < 4.78 is 34.7. The van der Waals surface area contributed by atoms with Crippen LogP contribution in [0.25, 0.3) is 32.7 Å². The molecule has 2 unspecified atom stereocenters. The highest BCUT2D eigenvalue weighted by atomic mass is 19.1. The predicted octanol–water partition coefficient (Wildman–Crippen LogP) is 10.0. The summed E-state index contributed by atoms with van der Waals surface area (Å²) in [6.07, 6.45) is 0.941. The fourth-order valence-electron chi connectivity index (χ4n) is 7.11. The van der Waals surface area contributed by atoms with Gasteiger partial charge < -0.3 is 23.7 Å². The van der Waals surface area contributed by atoms with Crippen LogP contribution >= 0.6 is 0 Å². The van der Waals surface area contributed by atoms with E-state index in [0.717, 1.165) is 27.9 Å². The smallest absolute Gasteiger partial charge is 0.308 e. The molecule has 2 heterocycles. The van der Waals surface area contributed by atoms with Gasteiger partial charge >= 0.3 is 5.97 Å². The normalized spacial score (nSPS) is 16.9. The summed E-state index contributed by atoms with van der Waals surface area (Å²) in [4.78, 5) is 32.4. The number of hydrogen-bond donors (Lipinski definition) is 0. The average molecular weight is 724 g/mol. The van der Waals surface area contributed by atoms with Gasteiger partial charge in [-0.3, -0.25) is 9.59 Å². The first-order valence-electron chi connectivity index (χ1n) is 18.2. The Morgan fingerprint density at radius 2 is 1.57 bits per heavy atom. The fraction of sp³-hybridized carbons (Fsp3) is 0.429. The molecule has 1 saturated heterocycles. The van der Waals surface area contributed by atoms with Crippen LogP contribution in [0.15, 0.2) is 90.0 Å². The first-order valence-corrected chi connectivity index (χ1v) is 18.2. The number of aromatic nitrogens is 1. The number of halogens is 1. The van der Waals surface area contributed by atoms with E-state index in [1.54, 1.807) is 17.0 Å². The Morgan fingerprint density at radius 3 is 2.17 bits per heavy atom. The largest absolute Gasteiger partial charge is 0.460 e. The molecular weight excluding hydrogens is 673 g/mol. The highest BCUT2D eigenvalue weighted by molar-refractivity contribution is 6.05. The van der Waals surface area contributed by atoms with Gasteiger partial charge in [-0.15, -0.1) is 0 Å². The molecule has 3 aromatic carbocycles. The van der Waals surface area contributed by atoms with Crippen LogP contribution in [0.3, 0.4) is 0 Å². The number of azide groups is 1. The molecule has 0 radical (unpaired) electrons. The minimum Gasteiger partial charge on any atom is -0.460 e. The Kier molecular flexibility index (Phi) is 12.4. The molecule has 0 bridgehead atoms. The number of amides is 1. The first kappa shape index (κ1) is 39.3. The molecule has 1 amide bonds. The number of carbonyl (C=O) groups is 2. The van der Waals surface area contributed by atoms with E-state index in [1.165, 1.54) is 12.1 Å². The molecule has 0 aliphatic carbocycles. The van der Waals surface area contributed by atoms with Gasteiger partial charge in [-0.05, 0) is 95.7 Å². The highest BCUT2D eigenvalue weighted by Gasteiger charge is 2.38. The van der Waals surface area contributed by atoms with Gasteiger partial charge in [-0.2, -0.15) is 0 Å². The van der Waals surface area contributed by atoms with E-state index >= 15 is 4.79 Å². The summed E-state index contributed by atoms with van der Waals surface area (Å²) >= 11 is 0. The van der Waals surface area contributed by atoms with Gasteiger partial charge in [0.2, 0.25) is 0 Å². The Morgan fingerprint density at radius 1 is 0.962 bits per heavy atom. The molecule has 4 aromatic rings. The first-order chi connectivity index (χ1) is 25.2. The van der Waals surface area contributed by atoms with Crippen molar-refractivity contribution in [1.29, 1.82) is 0 Å². The van der Waals surface area contributed by atoms with Crippen molar-refractivity contribution in [2.75, 3.05) is 6.67 Å². The summed E-state index contributed by atoms with van der Waals surface area (Å²) in [6, 6.07) is 25.4. The van der Waals surface area contributed by atoms with E-state index in [4.69, 9.17) is 14.2 Å². The molecule has 0 N–H and O–H groups in total. The van der Waals surface area contributed by atoms with Crippen LogP contribution in [-0.4, -0.2) is 51.6 Å². The van der Waals surface area contributed by atoms with Gasteiger partial charge in [-0.25, -0.2) is 4.39 Å². The van der Waals surface area contributed by atoms with Gasteiger partial charge in [0.25, 0.3) is 5.91 Å². The van der Waals surface area contributed by atoms with Crippen molar-refractivity contribution in [3.63, 3.8) is 0 Å². The zero-order valence-electron chi connectivity index (χ0n) is 31.7. The Labute approximate surface area is 311 Å². The Hall–Kier alpha value is -4.96. The second-order valence-corrected chi connectivity index (χ2v) is 15.2. The van der Waals surface area contributed by atoms with Crippen LogP contribution in [0, 0.1) is 5.82 Å². The third kappa shape index (κ3) is 10.1. The van der Waals surface area contributed by atoms with Crippen molar-refractivity contribution in [2.45, 2.75) is 110 Å². The van der Waals surface area contributed by atoms with Gasteiger partial charge in [0.1, 0.15) is 23.8 Å². The summed E-state index contributed by atoms with van der Waals surface area (Å²) in [5.41, 5.74) is 14.0. The summed E-state index contributed by atoms with van der Waals surface area (Å²) in [7, 11) is 0. The lowest BCUT2D eigenvalue weighted by atomic mass is 9.92. The molecule has 0 spiro atoms. The molecule has 1 aromatic heterocycles. The van der Waals surface area contributed by atoms with Gasteiger partial charge in [-0.1, -0.05) is 77.9 Å². The van der Waals surface area contributed by atoms with E-state index in [0.29, 0.717) is 30.5 Å². The topological polar surface area (TPSA) is 119 Å². The summed E-state index contributed by atoms with van der Waals surface area (Å²) in [6.45, 7) is 13.3. The standard InChI is InChI=1S/C42H50FN5O5/c1-28(2)48-35(23-22-33-24-34(52-42(6,7)51-33)25-36(49)53-41(3,4)5)37(31-18-20-32(43)21-19-31)38(30-16-12-9-13-17-30)39(48)40(50)47(27-45-46-44)26-29-14-10-8-11-15-29/h8-21,28,33-34H,22-27H2,1-7H3. The maximum atomic E-state index is 15.0. The number of esters is 1. The molecule has 1 fully saturated rings. The van der Waals surface area contributed by atoms with Crippen LogP contribution in [-0.2, 0) is 32.0 Å². The lowest BCUT2D eigenvalue weighted by molar-refractivity contribution is -0.300. The number of rotatable bonds is 13. The Bertz CT molecular complexity index is 1910. The highest BCUT2D eigenvalue weighted by Crippen LogP contribution is 2.44. The number of hydrogen-bond acceptors (Lipinski definition) is 6. The monoisotopic (exact) mass is 723 g/mol. The SMILES string of the molecule is CC(C)n1c(CCC2CC(CC(=O)OC(C)(C)C)OC(C)(C)O2)c(-c2ccc(F)cc2)c(-c2ccccc2)c1C(=O)N(CN=[N+]=[N-])Cc1ccccc1. The van der Waals surface area contributed by atoms with Crippen LogP contribution < -0.4 is 0 Å². The molecule has 5 rings (SSSR count). The molecule has 53 heavy (non-hydrogen) atoms. The molecule has 10 nitrogen and oxygen atoms in total. The van der Waals surface area contributed by atoms with Crippen molar-refractivity contribution >= 4 is 11.9 Å². The van der Waals surface area contributed by atoms with Crippen LogP contribution in [0.1, 0.15) is 95.5 Å². The van der Waals surface area contributed by atoms with Crippen LogP contribution in [0.4, 0.5) is 4.39 Å². The molecular formula is C42H50FN5O5. The minimum absolute atomic E-state index is 0.100. The number of ether oxygens (including phenoxy) is 3. The zero-order chi connectivity index (χ0) is 38.3. The molecule has 1 aliphatic heterocycles. The Balaban J connectivity index is 1.64. The summed E-state index contributed by atoms with van der Waals surface area (Å²) in [5, 5.41) is 3.82. The van der Waals surface area contributed by atoms with E-state index < -0.39 is 17.5 Å². The van der Waals surface area contributed by atoms with E-state index in [-0.39, 0.29) is 49.5 Å². The molecule has 0 saturated carbocycles. The van der Waals surface area contributed by atoms with Gasteiger partial charge in [0.15, 0.2) is 5.79 Å². The maximum absolute atomic E-state index is 15.0. The van der Waals surface area contributed by atoms with E-state index in [2.05, 4.69) is 14.6 Å². The van der Waals surface area contributed by atoms with Gasteiger partial charge in [0.05, 0.1) is 18.6 Å². The van der Waals surface area contributed by atoms with Gasteiger partial charge in [0, 0.05) is 40.7 Å². The molecule has 280 valence electrons. The summed E-state index contributed by atoms with van der Waals surface area (Å²) in [5.74, 6) is -1.94. The van der Waals surface area contributed by atoms with E-state index in [9.17, 15) is 14.7 Å². The maximum Gasteiger partial charge on any atom is 0.308 e. The fourth-order valence-corrected chi connectivity index (χ4v) is 7.11. The third-order valence-electron chi connectivity index (χ3n) is 8.97. The number of carbonyl (C=O) groups excluding carboxylic acids is 2. The van der Waals surface area contributed by atoms with E-state index in [1.807, 2.05) is 109 Å². The quantitative estimate of drug-likeness (QED) is 0.0589. The van der Waals surface area contributed by atoms with Crippen molar-refractivity contribution in [3.05, 3.63) is 118 Å². The second-order valence-electron chi connectivity index (χ2n) is 15.2. The van der Waals surface area contributed by atoms with Crippen molar-refractivity contribution in [3.8, 4) is 22.3 Å². The van der Waals surface area contributed by atoms with Crippen molar-refractivity contribution in [2.24, 2.45) is 5.11 Å². The van der Waals surface area contributed by atoms with Crippen LogP contribution in [0.2, 0.25) is 0 Å². The van der Waals surface area contributed by atoms with Crippen LogP contribution in [0.5, 0.6) is 0 Å². The minimum atomic E-state index is -0.940. The molecule has 11 heteroatoms. The molecule has 2 atom stereocenters. The number of benzene rings is 3. The second kappa shape index (κ2) is 16.8.